The highest BCUT2D eigenvalue weighted by atomic mass is 19.2. The van der Waals surface area contributed by atoms with Crippen LogP contribution in [0.4, 0.5) is 8.78 Å². The first kappa shape index (κ1) is 17.7. The van der Waals surface area contributed by atoms with Gasteiger partial charge in [-0.2, -0.15) is 0 Å². The fourth-order valence-electron chi connectivity index (χ4n) is 2.89. The van der Waals surface area contributed by atoms with E-state index < -0.39 is 17.7 Å². The fraction of sp³-hybridized carbons (Fsp3) is 0.588. The Hall–Kier alpha value is -1.69. The lowest BCUT2D eigenvalue weighted by molar-refractivity contribution is -0.140. The summed E-state index contributed by atoms with van der Waals surface area (Å²) in [6, 6.07) is 3.20. The van der Waals surface area contributed by atoms with E-state index in [9.17, 15) is 18.7 Å². The van der Waals surface area contributed by atoms with Crippen LogP contribution in [0.15, 0.2) is 18.2 Å². The molecule has 1 aliphatic heterocycles. The number of carbonyl (C=O) groups excluding carboxylic acids is 1. The van der Waals surface area contributed by atoms with Crippen molar-refractivity contribution in [2.24, 2.45) is 5.41 Å². The van der Waals surface area contributed by atoms with Crippen LogP contribution >= 0.6 is 0 Å². The molecule has 6 heteroatoms. The van der Waals surface area contributed by atoms with E-state index in [2.05, 4.69) is 0 Å². The third-order valence-electron chi connectivity index (χ3n) is 4.77. The van der Waals surface area contributed by atoms with Crippen molar-refractivity contribution in [3.8, 4) is 5.75 Å². The molecule has 1 aromatic rings. The lowest BCUT2D eigenvalue weighted by Gasteiger charge is -2.40. The van der Waals surface area contributed by atoms with Gasteiger partial charge >= 0.3 is 0 Å². The normalized spacial score (nSPS) is 18.6. The van der Waals surface area contributed by atoms with Crippen LogP contribution in [0.5, 0.6) is 5.75 Å². The van der Waals surface area contributed by atoms with Crippen LogP contribution in [-0.4, -0.2) is 41.7 Å². The number of aliphatic hydroxyl groups is 1. The Bertz CT molecular complexity index is 551. The lowest BCUT2D eigenvalue weighted by atomic mass is 9.77. The molecule has 1 aromatic carbocycles. The van der Waals surface area contributed by atoms with Crippen molar-refractivity contribution in [2.75, 3.05) is 19.7 Å². The molecule has 1 saturated heterocycles. The summed E-state index contributed by atoms with van der Waals surface area (Å²) in [7, 11) is 0. The molecule has 1 amide bonds. The molecule has 0 saturated carbocycles. The summed E-state index contributed by atoms with van der Waals surface area (Å²) in [5, 5.41) is 9.52. The van der Waals surface area contributed by atoms with Gasteiger partial charge in [-0.3, -0.25) is 4.79 Å². The molecule has 2 rings (SSSR count). The largest absolute Gasteiger partial charge is 0.481 e. The van der Waals surface area contributed by atoms with Gasteiger partial charge in [0.2, 0.25) is 0 Å². The molecule has 1 unspecified atom stereocenters. The van der Waals surface area contributed by atoms with E-state index in [1.165, 1.54) is 6.07 Å². The number of benzene rings is 1. The van der Waals surface area contributed by atoms with E-state index in [0.29, 0.717) is 13.1 Å². The van der Waals surface area contributed by atoms with Crippen LogP contribution in [0, 0.1) is 17.0 Å². The number of halogens is 2. The maximum absolute atomic E-state index is 13.2. The highest BCUT2D eigenvalue weighted by Gasteiger charge is 2.35. The number of hydrogen-bond acceptors (Lipinski definition) is 3. The number of hydrogen-bond donors (Lipinski definition) is 1. The molecule has 128 valence electrons. The van der Waals surface area contributed by atoms with Crippen molar-refractivity contribution in [1.82, 2.24) is 4.90 Å². The predicted molar refractivity (Wildman–Crippen MR) is 82.1 cm³/mol. The average molecular weight is 327 g/mol. The summed E-state index contributed by atoms with van der Waals surface area (Å²) < 4.78 is 31.5. The number of rotatable bonds is 5. The highest BCUT2D eigenvalue weighted by molar-refractivity contribution is 5.81. The Morgan fingerprint density at radius 1 is 1.35 bits per heavy atom. The minimum Gasteiger partial charge on any atom is -0.481 e. The van der Waals surface area contributed by atoms with E-state index in [1.54, 1.807) is 11.8 Å². The van der Waals surface area contributed by atoms with Gasteiger partial charge in [0.15, 0.2) is 17.7 Å². The first-order valence-corrected chi connectivity index (χ1v) is 7.92. The Labute approximate surface area is 135 Å². The molecule has 1 atom stereocenters. The Kier molecular flexibility index (Phi) is 5.57. The lowest BCUT2D eigenvalue weighted by Crippen LogP contribution is -2.48. The molecule has 0 aromatic heterocycles. The van der Waals surface area contributed by atoms with Crippen LogP contribution in [0.2, 0.25) is 0 Å². The number of piperidine rings is 1. The number of carbonyl (C=O) groups is 1. The maximum Gasteiger partial charge on any atom is 0.263 e. The van der Waals surface area contributed by atoms with Gasteiger partial charge < -0.3 is 14.7 Å². The van der Waals surface area contributed by atoms with Crippen LogP contribution < -0.4 is 4.74 Å². The number of likely N-dealkylation sites (tertiary alicyclic amines) is 1. The smallest absolute Gasteiger partial charge is 0.263 e. The minimum atomic E-state index is -1.00. The van der Waals surface area contributed by atoms with Gasteiger partial charge in [0, 0.05) is 25.8 Å². The molecule has 1 aliphatic rings. The van der Waals surface area contributed by atoms with Crippen LogP contribution in [0.25, 0.3) is 0 Å². The molecule has 1 N–H and O–H groups in total. The minimum absolute atomic E-state index is 0.0963. The van der Waals surface area contributed by atoms with Crippen molar-refractivity contribution in [1.29, 1.82) is 0 Å². The van der Waals surface area contributed by atoms with Crippen molar-refractivity contribution in [3.63, 3.8) is 0 Å². The Balaban J connectivity index is 1.94. The zero-order chi connectivity index (χ0) is 17.0. The summed E-state index contributed by atoms with van der Waals surface area (Å²) in [5.74, 6) is -2.01. The maximum atomic E-state index is 13.2. The van der Waals surface area contributed by atoms with Crippen LogP contribution in [0.3, 0.4) is 0 Å². The summed E-state index contributed by atoms with van der Waals surface area (Å²) in [6.07, 6.45) is 1.61. The predicted octanol–water partition coefficient (Wildman–Crippen LogP) is 2.74. The zero-order valence-electron chi connectivity index (χ0n) is 13.5. The van der Waals surface area contributed by atoms with Crippen molar-refractivity contribution >= 4 is 5.91 Å². The van der Waals surface area contributed by atoms with Crippen molar-refractivity contribution in [2.45, 2.75) is 39.2 Å². The van der Waals surface area contributed by atoms with Crippen LogP contribution in [0.1, 0.15) is 33.1 Å². The Morgan fingerprint density at radius 3 is 2.52 bits per heavy atom. The molecule has 0 aliphatic carbocycles. The van der Waals surface area contributed by atoms with E-state index in [4.69, 9.17) is 4.74 Å². The van der Waals surface area contributed by atoms with Gasteiger partial charge in [-0.25, -0.2) is 8.78 Å². The number of ether oxygens (including phenoxy) is 1. The second-order valence-corrected chi connectivity index (χ2v) is 6.17. The third-order valence-corrected chi connectivity index (χ3v) is 4.77. The van der Waals surface area contributed by atoms with E-state index in [0.717, 1.165) is 31.4 Å². The van der Waals surface area contributed by atoms with E-state index in [1.807, 2.05) is 6.92 Å². The standard InChI is InChI=1S/C17H23F2NO3/c1-3-17(11-21)6-8-20(9-7-17)16(22)12(2)23-13-4-5-14(18)15(19)10-13/h4-5,10,12,21H,3,6-9,11H2,1-2H3. The summed E-state index contributed by atoms with van der Waals surface area (Å²) in [5.41, 5.74) is -0.0963. The zero-order valence-corrected chi connectivity index (χ0v) is 13.5. The summed E-state index contributed by atoms with van der Waals surface area (Å²) in [6.45, 7) is 4.91. The number of nitrogens with zero attached hydrogens (tertiary/aromatic N) is 1. The van der Waals surface area contributed by atoms with Crippen LogP contribution in [-0.2, 0) is 4.79 Å². The van der Waals surface area contributed by atoms with Gasteiger partial charge in [0.25, 0.3) is 5.91 Å². The highest BCUT2D eigenvalue weighted by Crippen LogP contribution is 2.34. The molecular formula is C17H23F2NO3. The quantitative estimate of drug-likeness (QED) is 0.905. The van der Waals surface area contributed by atoms with E-state index >= 15 is 0 Å². The van der Waals surface area contributed by atoms with Gasteiger partial charge in [0.1, 0.15) is 5.75 Å². The molecule has 23 heavy (non-hydrogen) atoms. The van der Waals surface area contributed by atoms with E-state index in [-0.39, 0.29) is 23.7 Å². The number of aliphatic hydroxyl groups excluding tert-OH is 1. The molecule has 0 spiro atoms. The molecule has 4 nitrogen and oxygen atoms in total. The first-order valence-electron chi connectivity index (χ1n) is 7.92. The molecule has 1 fully saturated rings. The summed E-state index contributed by atoms with van der Waals surface area (Å²) >= 11 is 0. The molecular weight excluding hydrogens is 304 g/mol. The monoisotopic (exact) mass is 327 g/mol. The third kappa shape index (κ3) is 3.99. The molecule has 0 bridgehead atoms. The second kappa shape index (κ2) is 7.25. The van der Waals surface area contributed by atoms with Gasteiger partial charge in [0.05, 0.1) is 0 Å². The first-order chi connectivity index (χ1) is 10.9. The van der Waals surface area contributed by atoms with Gasteiger partial charge in [-0.05, 0) is 43.7 Å². The second-order valence-electron chi connectivity index (χ2n) is 6.17. The number of amides is 1. The topological polar surface area (TPSA) is 49.8 Å². The molecule has 0 radical (unpaired) electrons. The van der Waals surface area contributed by atoms with Crippen molar-refractivity contribution < 1.29 is 23.4 Å². The fourth-order valence-corrected chi connectivity index (χ4v) is 2.89. The SMILES string of the molecule is CCC1(CO)CCN(C(=O)C(C)Oc2ccc(F)c(F)c2)CC1. The van der Waals surface area contributed by atoms with Gasteiger partial charge in [-0.1, -0.05) is 6.92 Å². The molecule has 1 heterocycles. The summed E-state index contributed by atoms with van der Waals surface area (Å²) in [4.78, 5) is 14.1. The van der Waals surface area contributed by atoms with Gasteiger partial charge in [-0.15, -0.1) is 0 Å². The van der Waals surface area contributed by atoms with Crippen molar-refractivity contribution in [3.05, 3.63) is 29.8 Å². The average Bonchev–Trinajstić information content (AvgIpc) is 2.57. The Morgan fingerprint density at radius 2 is 2.00 bits per heavy atom.